The number of benzene rings is 2. The minimum Gasteiger partial charge on any atom is -0.508 e. The van der Waals surface area contributed by atoms with E-state index in [2.05, 4.69) is 0 Å². The third-order valence-electron chi connectivity index (χ3n) is 5.87. The van der Waals surface area contributed by atoms with Gasteiger partial charge in [-0.05, 0) is 73.9 Å². The highest BCUT2D eigenvalue weighted by molar-refractivity contribution is 5.70. The third-order valence-corrected chi connectivity index (χ3v) is 5.87. The van der Waals surface area contributed by atoms with Crippen LogP contribution in [0.3, 0.4) is 0 Å². The first kappa shape index (κ1) is 29.2. The minimum absolute atomic E-state index is 0.115. The van der Waals surface area contributed by atoms with E-state index in [1.807, 2.05) is 57.2 Å². The molecule has 3 atom stereocenters. The molecule has 3 unspecified atom stereocenters. The molecule has 1 aliphatic heterocycles. The van der Waals surface area contributed by atoms with E-state index in [-0.39, 0.29) is 35.8 Å². The lowest BCUT2D eigenvalue weighted by Crippen LogP contribution is -2.24. The minimum atomic E-state index is -0.182. The number of esters is 2. The van der Waals surface area contributed by atoms with Crippen LogP contribution in [0.25, 0.3) is 0 Å². The zero-order chi connectivity index (χ0) is 26.3. The molecule has 7 heteroatoms. The van der Waals surface area contributed by atoms with Gasteiger partial charge in [-0.1, -0.05) is 38.1 Å². The number of carbonyl (C=O) groups is 2. The topological polar surface area (TPSA) is 91.3 Å². The van der Waals surface area contributed by atoms with E-state index >= 15 is 0 Å². The zero-order valence-electron chi connectivity index (χ0n) is 21.9. The molecular weight excluding hydrogens is 460 g/mol. The Labute approximate surface area is 214 Å². The predicted molar refractivity (Wildman–Crippen MR) is 138 cm³/mol. The fourth-order valence-electron chi connectivity index (χ4n) is 3.81. The van der Waals surface area contributed by atoms with Gasteiger partial charge in [-0.2, -0.15) is 0 Å². The van der Waals surface area contributed by atoms with Crippen LogP contribution in [0.2, 0.25) is 0 Å². The molecule has 0 bridgehead atoms. The normalized spacial score (nSPS) is 16.6. The molecule has 1 saturated heterocycles. The lowest BCUT2D eigenvalue weighted by atomic mass is 9.98. The molecule has 1 N–H and O–H groups in total. The Bertz CT molecular complexity index is 902. The number of carbonyl (C=O) groups excluding carboxylic acids is 2. The highest BCUT2D eigenvalue weighted by atomic mass is 16.7. The van der Waals surface area contributed by atoms with Gasteiger partial charge in [0.15, 0.2) is 6.29 Å². The Morgan fingerprint density at radius 2 is 1.36 bits per heavy atom. The SMILES string of the molecule is CCOC(=O)CC(C)c1ccc(O)cc1.CCOC(=O)CC(C)c1ccc(OC2CCCCO2)cc1. The van der Waals surface area contributed by atoms with Crippen molar-refractivity contribution in [3.63, 3.8) is 0 Å². The molecule has 0 aromatic heterocycles. The van der Waals surface area contributed by atoms with Crippen molar-refractivity contribution in [2.24, 2.45) is 0 Å². The molecule has 0 saturated carbocycles. The van der Waals surface area contributed by atoms with Crippen molar-refractivity contribution in [1.29, 1.82) is 0 Å². The Kier molecular flexibility index (Phi) is 12.8. The molecule has 3 rings (SSSR count). The van der Waals surface area contributed by atoms with E-state index in [9.17, 15) is 9.59 Å². The first-order valence-corrected chi connectivity index (χ1v) is 12.8. The van der Waals surface area contributed by atoms with E-state index in [0.717, 1.165) is 42.7 Å². The third kappa shape index (κ3) is 10.7. The van der Waals surface area contributed by atoms with E-state index in [0.29, 0.717) is 26.1 Å². The van der Waals surface area contributed by atoms with E-state index in [4.69, 9.17) is 24.1 Å². The number of phenols is 1. The van der Waals surface area contributed by atoms with Crippen molar-refractivity contribution < 1.29 is 33.6 Å². The fraction of sp³-hybridized carbons (Fsp3) is 0.517. The van der Waals surface area contributed by atoms with Crippen molar-refractivity contribution in [2.45, 2.75) is 77.9 Å². The molecule has 1 heterocycles. The second-order valence-corrected chi connectivity index (χ2v) is 8.89. The maximum Gasteiger partial charge on any atom is 0.306 e. The summed E-state index contributed by atoms with van der Waals surface area (Å²) in [6, 6.07) is 14.8. The number of ether oxygens (including phenoxy) is 4. The van der Waals surface area contributed by atoms with Gasteiger partial charge in [0.05, 0.1) is 32.7 Å². The lowest BCUT2D eigenvalue weighted by Gasteiger charge is -2.23. The Morgan fingerprint density at radius 3 is 1.81 bits per heavy atom. The maximum absolute atomic E-state index is 11.5. The summed E-state index contributed by atoms with van der Waals surface area (Å²) in [5.74, 6) is 0.976. The summed E-state index contributed by atoms with van der Waals surface area (Å²) in [7, 11) is 0. The average Bonchev–Trinajstić information content (AvgIpc) is 2.86. The molecule has 7 nitrogen and oxygen atoms in total. The van der Waals surface area contributed by atoms with Gasteiger partial charge in [-0.3, -0.25) is 9.59 Å². The molecule has 0 aliphatic carbocycles. The predicted octanol–water partition coefficient (Wildman–Crippen LogP) is 6.10. The number of aromatic hydroxyl groups is 1. The summed E-state index contributed by atoms with van der Waals surface area (Å²) < 4.78 is 21.2. The summed E-state index contributed by atoms with van der Waals surface area (Å²) in [5, 5.41) is 9.11. The van der Waals surface area contributed by atoms with Crippen LogP contribution >= 0.6 is 0 Å². The van der Waals surface area contributed by atoms with Gasteiger partial charge in [-0.15, -0.1) is 0 Å². The highest BCUT2D eigenvalue weighted by Crippen LogP contribution is 2.25. The summed E-state index contributed by atoms with van der Waals surface area (Å²) >= 11 is 0. The molecule has 198 valence electrons. The van der Waals surface area contributed by atoms with Crippen LogP contribution in [-0.4, -0.2) is 43.2 Å². The largest absolute Gasteiger partial charge is 0.508 e. The first-order valence-electron chi connectivity index (χ1n) is 12.8. The van der Waals surface area contributed by atoms with Crippen LogP contribution in [0.1, 0.15) is 82.8 Å². The second-order valence-electron chi connectivity index (χ2n) is 8.89. The lowest BCUT2D eigenvalue weighted by molar-refractivity contribution is -0.144. The van der Waals surface area contributed by atoms with Crippen molar-refractivity contribution in [3.05, 3.63) is 59.7 Å². The summed E-state index contributed by atoms with van der Waals surface area (Å²) in [4.78, 5) is 22.7. The Hall–Kier alpha value is -3.06. The zero-order valence-corrected chi connectivity index (χ0v) is 21.9. The summed E-state index contributed by atoms with van der Waals surface area (Å²) in [6.07, 6.45) is 3.87. The summed E-state index contributed by atoms with van der Waals surface area (Å²) in [6.45, 7) is 9.23. The van der Waals surface area contributed by atoms with Crippen molar-refractivity contribution in [2.75, 3.05) is 19.8 Å². The Balaban J connectivity index is 0.000000269. The van der Waals surface area contributed by atoms with Crippen LogP contribution < -0.4 is 4.74 Å². The molecule has 0 spiro atoms. The van der Waals surface area contributed by atoms with E-state index in [1.165, 1.54) is 0 Å². The van der Waals surface area contributed by atoms with Crippen LogP contribution in [0, 0.1) is 0 Å². The van der Waals surface area contributed by atoms with Gasteiger partial charge in [0.2, 0.25) is 0 Å². The van der Waals surface area contributed by atoms with E-state index in [1.54, 1.807) is 19.1 Å². The number of rotatable bonds is 10. The highest BCUT2D eigenvalue weighted by Gasteiger charge is 2.16. The molecule has 2 aromatic carbocycles. The van der Waals surface area contributed by atoms with E-state index < -0.39 is 0 Å². The van der Waals surface area contributed by atoms with Gasteiger partial charge in [0, 0.05) is 6.42 Å². The number of phenolic OH excluding ortho intramolecular Hbond substituents is 1. The standard InChI is InChI=1S/C17H24O4.C12H16O3/c1-3-19-16(18)12-13(2)14-7-9-15(10-8-14)21-17-6-4-5-11-20-17;1-3-15-12(14)8-9(2)10-4-6-11(13)7-5-10/h7-10,13,17H,3-6,11-12H2,1-2H3;4-7,9,13H,3,8H2,1-2H3. The fourth-order valence-corrected chi connectivity index (χ4v) is 3.81. The molecule has 36 heavy (non-hydrogen) atoms. The van der Waals surface area contributed by atoms with Crippen molar-refractivity contribution in [1.82, 2.24) is 0 Å². The van der Waals surface area contributed by atoms with Gasteiger partial charge in [-0.25, -0.2) is 0 Å². The second kappa shape index (κ2) is 15.8. The first-order chi connectivity index (χ1) is 17.3. The van der Waals surface area contributed by atoms with Crippen molar-refractivity contribution >= 4 is 11.9 Å². The van der Waals surface area contributed by atoms with Crippen LogP contribution in [0.4, 0.5) is 0 Å². The number of hydrogen-bond acceptors (Lipinski definition) is 7. The summed E-state index contributed by atoms with van der Waals surface area (Å²) in [5.41, 5.74) is 2.14. The molecule has 0 amide bonds. The molecule has 0 radical (unpaired) electrons. The molecule has 2 aromatic rings. The van der Waals surface area contributed by atoms with Gasteiger partial charge < -0.3 is 24.1 Å². The Morgan fingerprint density at radius 1 is 0.861 bits per heavy atom. The maximum atomic E-state index is 11.5. The van der Waals surface area contributed by atoms with Crippen molar-refractivity contribution in [3.8, 4) is 11.5 Å². The monoisotopic (exact) mass is 500 g/mol. The quantitative estimate of drug-likeness (QED) is 0.394. The van der Waals surface area contributed by atoms with Crippen LogP contribution in [-0.2, 0) is 23.8 Å². The average molecular weight is 501 g/mol. The van der Waals surface area contributed by atoms with Gasteiger partial charge >= 0.3 is 11.9 Å². The molecular formula is C29H40O7. The van der Waals surface area contributed by atoms with Gasteiger partial charge in [0.1, 0.15) is 11.5 Å². The molecule has 1 aliphatic rings. The molecule has 1 fully saturated rings. The number of hydrogen-bond donors (Lipinski definition) is 1. The van der Waals surface area contributed by atoms with Crippen LogP contribution in [0.15, 0.2) is 48.5 Å². The van der Waals surface area contributed by atoms with Crippen LogP contribution in [0.5, 0.6) is 11.5 Å². The van der Waals surface area contributed by atoms with Gasteiger partial charge in [0.25, 0.3) is 0 Å². The smallest absolute Gasteiger partial charge is 0.306 e.